The molecule has 0 saturated carbocycles. The summed E-state index contributed by atoms with van der Waals surface area (Å²) in [5, 5.41) is 12.7. The van der Waals surface area contributed by atoms with Crippen LogP contribution in [0.5, 0.6) is 0 Å². The highest BCUT2D eigenvalue weighted by atomic mass is 16.5. The van der Waals surface area contributed by atoms with E-state index in [9.17, 15) is 9.90 Å². The van der Waals surface area contributed by atoms with Crippen molar-refractivity contribution in [1.29, 1.82) is 0 Å². The number of benzene rings is 1. The van der Waals surface area contributed by atoms with Gasteiger partial charge in [0.2, 0.25) is 5.91 Å². The molecule has 0 fully saturated rings. The van der Waals surface area contributed by atoms with E-state index in [0.29, 0.717) is 0 Å². The van der Waals surface area contributed by atoms with Crippen molar-refractivity contribution in [3.63, 3.8) is 0 Å². The first-order chi connectivity index (χ1) is 9.00. The number of methoxy groups -OCH3 is 1. The largest absolute Gasteiger partial charge is 0.386 e. The van der Waals surface area contributed by atoms with Crippen molar-refractivity contribution in [3.05, 3.63) is 35.9 Å². The van der Waals surface area contributed by atoms with Gasteiger partial charge in [0.25, 0.3) is 0 Å². The minimum absolute atomic E-state index is 0.0647. The van der Waals surface area contributed by atoms with Crippen LogP contribution in [0.25, 0.3) is 0 Å². The third-order valence-electron chi connectivity index (χ3n) is 3.03. The first-order valence-electron chi connectivity index (χ1n) is 6.54. The molecular formula is C15H23NO3. The molecule has 0 unspecified atom stereocenters. The van der Waals surface area contributed by atoms with Crippen molar-refractivity contribution in [2.45, 2.75) is 31.8 Å². The van der Waals surface area contributed by atoms with E-state index < -0.39 is 5.60 Å². The maximum Gasteiger partial charge on any atom is 0.227 e. The Morgan fingerprint density at radius 1 is 1.42 bits per heavy atom. The van der Waals surface area contributed by atoms with E-state index in [1.54, 1.807) is 6.92 Å². The summed E-state index contributed by atoms with van der Waals surface area (Å²) in [5.74, 6) is -0.246. The van der Waals surface area contributed by atoms with Crippen molar-refractivity contribution in [2.75, 3.05) is 20.3 Å². The van der Waals surface area contributed by atoms with Gasteiger partial charge in [0.05, 0.1) is 12.5 Å². The van der Waals surface area contributed by atoms with Crippen LogP contribution in [0.3, 0.4) is 0 Å². The molecule has 1 aromatic carbocycles. The van der Waals surface area contributed by atoms with E-state index in [4.69, 9.17) is 4.74 Å². The summed E-state index contributed by atoms with van der Waals surface area (Å²) in [6.07, 6.45) is 0.724. The van der Waals surface area contributed by atoms with Gasteiger partial charge < -0.3 is 15.2 Å². The lowest BCUT2D eigenvalue weighted by atomic mass is 9.95. The topological polar surface area (TPSA) is 58.6 Å². The van der Waals surface area contributed by atoms with Crippen LogP contribution in [0, 0.1) is 0 Å². The normalized spacial score (nSPS) is 15.6. The van der Waals surface area contributed by atoms with E-state index in [0.717, 1.165) is 12.0 Å². The first kappa shape index (κ1) is 15.7. The van der Waals surface area contributed by atoms with Gasteiger partial charge in [-0.25, -0.2) is 0 Å². The third-order valence-corrected chi connectivity index (χ3v) is 3.03. The summed E-state index contributed by atoms with van der Waals surface area (Å²) < 4.78 is 4.91. The molecule has 2 atom stereocenters. The summed E-state index contributed by atoms with van der Waals surface area (Å²) >= 11 is 0. The lowest BCUT2D eigenvalue weighted by Gasteiger charge is -2.24. The van der Waals surface area contributed by atoms with Crippen LogP contribution in [0.2, 0.25) is 0 Å². The average Bonchev–Trinajstić information content (AvgIpc) is 2.39. The highest BCUT2D eigenvalue weighted by Crippen LogP contribution is 2.19. The summed E-state index contributed by atoms with van der Waals surface area (Å²) in [4.78, 5) is 12.2. The number of carbonyl (C=O) groups excluding carboxylic acids is 1. The van der Waals surface area contributed by atoms with Gasteiger partial charge in [0.15, 0.2) is 0 Å². The van der Waals surface area contributed by atoms with E-state index in [1.807, 2.05) is 37.3 Å². The molecule has 0 aliphatic heterocycles. The van der Waals surface area contributed by atoms with Crippen molar-refractivity contribution >= 4 is 5.91 Å². The summed E-state index contributed by atoms with van der Waals surface area (Å²) in [6, 6.07) is 9.66. The van der Waals surface area contributed by atoms with Crippen LogP contribution >= 0.6 is 0 Å². The highest BCUT2D eigenvalue weighted by molar-refractivity contribution is 5.83. The van der Waals surface area contributed by atoms with Crippen LogP contribution in [0.4, 0.5) is 0 Å². The first-order valence-corrected chi connectivity index (χ1v) is 6.54. The summed E-state index contributed by atoms with van der Waals surface area (Å²) in [6.45, 7) is 3.99. The number of rotatable bonds is 7. The van der Waals surface area contributed by atoms with Crippen LogP contribution in [-0.4, -0.2) is 36.9 Å². The fourth-order valence-corrected chi connectivity index (χ4v) is 2.02. The fraction of sp³-hybridized carbons (Fsp3) is 0.533. The maximum absolute atomic E-state index is 12.2. The van der Waals surface area contributed by atoms with Gasteiger partial charge in [-0.3, -0.25) is 4.79 Å². The predicted molar refractivity (Wildman–Crippen MR) is 75.0 cm³/mol. The van der Waals surface area contributed by atoms with Crippen LogP contribution in [-0.2, 0) is 9.53 Å². The van der Waals surface area contributed by atoms with E-state index in [1.165, 1.54) is 7.11 Å². The van der Waals surface area contributed by atoms with Gasteiger partial charge in [-0.05, 0) is 18.9 Å². The zero-order valence-electron chi connectivity index (χ0n) is 11.8. The van der Waals surface area contributed by atoms with E-state index in [2.05, 4.69) is 5.32 Å². The van der Waals surface area contributed by atoms with Crippen molar-refractivity contribution < 1.29 is 14.6 Å². The molecule has 1 amide bonds. The number of ether oxygens (including phenoxy) is 1. The molecule has 1 aromatic rings. The van der Waals surface area contributed by atoms with Gasteiger partial charge in [-0.15, -0.1) is 0 Å². The Labute approximate surface area is 114 Å². The van der Waals surface area contributed by atoms with Gasteiger partial charge in [-0.1, -0.05) is 37.3 Å². The SMILES string of the molecule is CC[C@@H](C(=O)NC[C@](C)(O)COC)c1ccccc1. The molecule has 0 aliphatic rings. The van der Waals surface area contributed by atoms with Crippen LogP contribution in [0.1, 0.15) is 31.7 Å². The Bertz CT molecular complexity index is 390. The molecule has 2 N–H and O–H groups in total. The molecule has 0 radical (unpaired) electrons. The number of nitrogens with one attached hydrogen (secondary N) is 1. The predicted octanol–water partition coefficient (Wildman–Crippen LogP) is 1.69. The van der Waals surface area contributed by atoms with Gasteiger partial charge in [-0.2, -0.15) is 0 Å². The standard InChI is InChI=1S/C15H23NO3/c1-4-13(12-8-6-5-7-9-12)14(17)16-10-15(2,18)11-19-3/h5-9,13,18H,4,10-11H2,1-3H3,(H,16,17)/t13-,15+/m1/s1. The molecule has 4 nitrogen and oxygen atoms in total. The molecular weight excluding hydrogens is 242 g/mol. The molecule has 19 heavy (non-hydrogen) atoms. The van der Waals surface area contributed by atoms with Crippen molar-refractivity contribution in [1.82, 2.24) is 5.32 Å². The van der Waals surface area contributed by atoms with E-state index in [-0.39, 0.29) is 25.0 Å². The van der Waals surface area contributed by atoms with E-state index >= 15 is 0 Å². The summed E-state index contributed by atoms with van der Waals surface area (Å²) in [7, 11) is 1.52. The fourth-order valence-electron chi connectivity index (χ4n) is 2.02. The number of carbonyl (C=O) groups is 1. The number of hydrogen-bond acceptors (Lipinski definition) is 3. The zero-order valence-corrected chi connectivity index (χ0v) is 11.8. The monoisotopic (exact) mass is 265 g/mol. The van der Waals surface area contributed by atoms with Gasteiger partial charge in [0.1, 0.15) is 5.60 Å². The Kier molecular flexibility index (Phi) is 5.99. The minimum Gasteiger partial charge on any atom is -0.386 e. The Balaban J connectivity index is 2.61. The van der Waals surface area contributed by atoms with Crippen LogP contribution < -0.4 is 5.32 Å². The number of amides is 1. The second kappa shape index (κ2) is 7.26. The molecule has 0 spiro atoms. The minimum atomic E-state index is -1.04. The van der Waals surface area contributed by atoms with Crippen molar-refractivity contribution in [3.8, 4) is 0 Å². The Hall–Kier alpha value is -1.39. The smallest absolute Gasteiger partial charge is 0.227 e. The third kappa shape index (κ3) is 5.01. The average molecular weight is 265 g/mol. The highest BCUT2D eigenvalue weighted by Gasteiger charge is 2.24. The van der Waals surface area contributed by atoms with Crippen LogP contribution in [0.15, 0.2) is 30.3 Å². The molecule has 0 aromatic heterocycles. The van der Waals surface area contributed by atoms with Gasteiger partial charge >= 0.3 is 0 Å². The lowest BCUT2D eigenvalue weighted by Crippen LogP contribution is -2.45. The molecule has 106 valence electrons. The Morgan fingerprint density at radius 2 is 2.05 bits per heavy atom. The van der Waals surface area contributed by atoms with Crippen molar-refractivity contribution in [2.24, 2.45) is 0 Å². The molecule has 0 bridgehead atoms. The number of hydrogen-bond donors (Lipinski definition) is 2. The molecule has 4 heteroatoms. The molecule has 0 heterocycles. The molecule has 0 saturated heterocycles. The maximum atomic E-state index is 12.2. The second-order valence-corrected chi connectivity index (χ2v) is 5.02. The molecule has 1 rings (SSSR count). The Morgan fingerprint density at radius 3 is 2.58 bits per heavy atom. The second-order valence-electron chi connectivity index (χ2n) is 5.02. The molecule has 0 aliphatic carbocycles. The quantitative estimate of drug-likeness (QED) is 0.789. The number of aliphatic hydroxyl groups is 1. The summed E-state index contributed by atoms with van der Waals surface area (Å²) in [5.41, 5.74) is -0.0479. The zero-order chi connectivity index (χ0) is 14.3. The lowest BCUT2D eigenvalue weighted by molar-refractivity contribution is -0.124. The van der Waals surface area contributed by atoms with Gasteiger partial charge in [0, 0.05) is 13.7 Å².